The molecule has 1 aromatic carbocycles. The number of carboxylic acids is 1. The Labute approximate surface area is 114 Å². The quantitative estimate of drug-likeness (QED) is 0.905. The molecule has 1 aromatic rings. The van der Waals surface area contributed by atoms with Crippen LogP contribution in [0.2, 0.25) is 0 Å². The summed E-state index contributed by atoms with van der Waals surface area (Å²) < 4.78 is 0. The van der Waals surface area contributed by atoms with Crippen LogP contribution < -0.4 is 4.90 Å². The van der Waals surface area contributed by atoms with Crippen LogP contribution in [-0.4, -0.2) is 48.7 Å². The first-order valence-corrected chi connectivity index (χ1v) is 6.77. The zero-order chi connectivity index (χ0) is 14.0. The number of carbonyl (C=O) groups is 1. The molecular formula is C15H22N2O2. The lowest BCUT2D eigenvalue weighted by molar-refractivity contribution is -0.142. The van der Waals surface area contributed by atoms with Crippen molar-refractivity contribution in [3.63, 3.8) is 0 Å². The third-order valence-corrected chi connectivity index (χ3v) is 3.86. The molecule has 4 nitrogen and oxygen atoms in total. The van der Waals surface area contributed by atoms with Crippen molar-refractivity contribution < 1.29 is 9.90 Å². The van der Waals surface area contributed by atoms with Crippen LogP contribution in [0.1, 0.15) is 25.3 Å². The van der Waals surface area contributed by atoms with Gasteiger partial charge >= 0.3 is 5.97 Å². The van der Waals surface area contributed by atoms with Gasteiger partial charge in [-0.2, -0.15) is 0 Å². The lowest BCUT2D eigenvalue weighted by Crippen LogP contribution is -2.54. The summed E-state index contributed by atoms with van der Waals surface area (Å²) in [4.78, 5) is 15.3. The van der Waals surface area contributed by atoms with E-state index in [9.17, 15) is 9.90 Å². The topological polar surface area (TPSA) is 43.8 Å². The summed E-state index contributed by atoms with van der Waals surface area (Å²) in [7, 11) is 1.87. The molecule has 1 heterocycles. The van der Waals surface area contributed by atoms with E-state index < -0.39 is 12.0 Å². The van der Waals surface area contributed by atoms with Gasteiger partial charge in [0.05, 0.1) is 0 Å². The molecule has 0 amide bonds. The number of likely N-dealkylation sites (N-methyl/N-ethyl adjacent to an activating group) is 1. The first-order chi connectivity index (χ1) is 8.99. The van der Waals surface area contributed by atoms with Crippen molar-refractivity contribution in [2.75, 3.05) is 31.6 Å². The zero-order valence-electron chi connectivity index (χ0n) is 11.8. The van der Waals surface area contributed by atoms with Gasteiger partial charge in [-0.05, 0) is 30.7 Å². The Kier molecular flexibility index (Phi) is 4.10. The second kappa shape index (κ2) is 5.61. The average Bonchev–Trinajstić information content (AvgIpc) is 2.39. The van der Waals surface area contributed by atoms with Crippen LogP contribution in [0.3, 0.4) is 0 Å². The number of piperazine rings is 1. The van der Waals surface area contributed by atoms with Gasteiger partial charge in [0.15, 0.2) is 0 Å². The zero-order valence-corrected chi connectivity index (χ0v) is 11.8. The van der Waals surface area contributed by atoms with Gasteiger partial charge in [0.25, 0.3) is 0 Å². The van der Waals surface area contributed by atoms with Gasteiger partial charge in [-0.3, -0.25) is 9.69 Å². The van der Waals surface area contributed by atoms with Crippen LogP contribution in [-0.2, 0) is 4.79 Å². The van der Waals surface area contributed by atoms with Crippen molar-refractivity contribution in [2.24, 2.45) is 0 Å². The van der Waals surface area contributed by atoms with Gasteiger partial charge in [0, 0.05) is 25.3 Å². The molecule has 1 unspecified atom stereocenters. The molecule has 1 atom stereocenters. The molecule has 104 valence electrons. The summed E-state index contributed by atoms with van der Waals surface area (Å²) in [5, 5.41) is 9.22. The molecule has 0 aromatic heterocycles. The number of benzene rings is 1. The monoisotopic (exact) mass is 262 g/mol. The Bertz CT molecular complexity index is 442. The Morgan fingerprint density at radius 3 is 2.42 bits per heavy atom. The molecule has 1 aliphatic heterocycles. The molecule has 19 heavy (non-hydrogen) atoms. The molecule has 2 rings (SSSR count). The van der Waals surface area contributed by atoms with Crippen molar-refractivity contribution in [3.05, 3.63) is 29.8 Å². The van der Waals surface area contributed by atoms with Gasteiger partial charge in [0.1, 0.15) is 6.04 Å². The molecule has 0 saturated carbocycles. The first kappa shape index (κ1) is 13.9. The van der Waals surface area contributed by atoms with E-state index in [1.54, 1.807) is 0 Å². The predicted octanol–water partition coefficient (Wildman–Crippen LogP) is 2.02. The minimum Gasteiger partial charge on any atom is -0.480 e. The van der Waals surface area contributed by atoms with E-state index >= 15 is 0 Å². The van der Waals surface area contributed by atoms with Crippen LogP contribution in [0.5, 0.6) is 0 Å². The standard InChI is InChI=1S/C15H22N2O2/c1-11(2)12-4-6-13(7-5-12)17-9-8-16(3)14(10-17)15(18)19/h4-7,11,14H,8-10H2,1-3H3,(H,18,19). The van der Waals surface area contributed by atoms with Crippen molar-refractivity contribution in [2.45, 2.75) is 25.8 Å². The number of hydrogen-bond acceptors (Lipinski definition) is 3. The fourth-order valence-electron chi connectivity index (χ4n) is 2.44. The number of aliphatic carboxylic acids is 1. The van der Waals surface area contributed by atoms with E-state index in [2.05, 4.69) is 43.0 Å². The summed E-state index contributed by atoms with van der Waals surface area (Å²) in [6.07, 6.45) is 0. The first-order valence-electron chi connectivity index (χ1n) is 6.77. The Morgan fingerprint density at radius 2 is 1.89 bits per heavy atom. The molecule has 0 spiro atoms. The Hall–Kier alpha value is -1.55. The van der Waals surface area contributed by atoms with Gasteiger partial charge in [0.2, 0.25) is 0 Å². The molecule has 1 N–H and O–H groups in total. The van der Waals surface area contributed by atoms with E-state index in [4.69, 9.17) is 0 Å². The van der Waals surface area contributed by atoms with E-state index in [-0.39, 0.29) is 0 Å². The van der Waals surface area contributed by atoms with Gasteiger partial charge in [-0.1, -0.05) is 26.0 Å². The minimum atomic E-state index is -0.744. The molecule has 1 fully saturated rings. The maximum absolute atomic E-state index is 11.2. The SMILES string of the molecule is CC(C)c1ccc(N2CCN(C)C(C(=O)O)C2)cc1. The highest BCUT2D eigenvalue weighted by atomic mass is 16.4. The van der Waals surface area contributed by atoms with Gasteiger partial charge in [-0.25, -0.2) is 0 Å². The molecule has 0 radical (unpaired) electrons. The van der Waals surface area contributed by atoms with Crippen LogP contribution in [0.25, 0.3) is 0 Å². The fraction of sp³-hybridized carbons (Fsp3) is 0.533. The van der Waals surface area contributed by atoms with Crippen LogP contribution >= 0.6 is 0 Å². The maximum atomic E-state index is 11.2. The average molecular weight is 262 g/mol. The summed E-state index contributed by atoms with van der Waals surface area (Å²) in [5.41, 5.74) is 2.43. The summed E-state index contributed by atoms with van der Waals surface area (Å²) in [6.45, 7) is 6.55. The predicted molar refractivity (Wildman–Crippen MR) is 76.8 cm³/mol. The largest absolute Gasteiger partial charge is 0.480 e. The molecule has 1 aliphatic rings. The highest BCUT2D eigenvalue weighted by Crippen LogP contribution is 2.22. The maximum Gasteiger partial charge on any atom is 0.322 e. The molecular weight excluding hydrogens is 240 g/mol. The normalized spacial score (nSPS) is 20.8. The van der Waals surface area contributed by atoms with Crippen LogP contribution in [0, 0.1) is 0 Å². The molecule has 0 bridgehead atoms. The minimum absolute atomic E-state index is 0.418. The van der Waals surface area contributed by atoms with Crippen molar-refractivity contribution in [3.8, 4) is 0 Å². The second-order valence-electron chi connectivity index (χ2n) is 5.53. The van der Waals surface area contributed by atoms with E-state index in [0.717, 1.165) is 18.8 Å². The summed E-state index contributed by atoms with van der Waals surface area (Å²) >= 11 is 0. The van der Waals surface area contributed by atoms with Gasteiger partial charge < -0.3 is 10.0 Å². The lowest BCUT2D eigenvalue weighted by Gasteiger charge is -2.38. The van der Waals surface area contributed by atoms with Crippen molar-refractivity contribution >= 4 is 11.7 Å². The Morgan fingerprint density at radius 1 is 1.26 bits per heavy atom. The number of nitrogens with zero attached hydrogens (tertiary/aromatic N) is 2. The van der Waals surface area contributed by atoms with E-state index in [1.807, 2.05) is 11.9 Å². The number of rotatable bonds is 3. The lowest BCUT2D eigenvalue weighted by atomic mass is 10.0. The number of carboxylic acid groups (broad SMARTS) is 1. The van der Waals surface area contributed by atoms with E-state index in [1.165, 1.54) is 5.56 Å². The van der Waals surface area contributed by atoms with Crippen LogP contribution in [0.15, 0.2) is 24.3 Å². The smallest absolute Gasteiger partial charge is 0.322 e. The second-order valence-corrected chi connectivity index (χ2v) is 5.53. The summed E-state index contributed by atoms with van der Waals surface area (Å²) in [5.74, 6) is -0.223. The third kappa shape index (κ3) is 3.07. The number of hydrogen-bond donors (Lipinski definition) is 1. The van der Waals surface area contributed by atoms with Crippen molar-refractivity contribution in [1.82, 2.24) is 4.90 Å². The molecule has 0 aliphatic carbocycles. The van der Waals surface area contributed by atoms with Crippen molar-refractivity contribution in [1.29, 1.82) is 0 Å². The number of anilines is 1. The Balaban J connectivity index is 2.11. The van der Waals surface area contributed by atoms with E-state index in [0.29, 0.717) is 12.5 Å². The highest BCUT2D eigenvalue weighted by Gasteiger charge is 2.29. The van der Waals surface area contributed by atoms with Crippen LogP contribution in [0.4, 0.5) is 5.69 Å². The third-order valence-electron chi connectivity index (χ3n) is 3.86. The summed E-state index contributed by atoms with van der Waals surface area (Å²) in [6, 6.07) is 8.04. The molecule has 4 heteroatoms. The highest BCUT2D eigenvalue weighted by molar-refractivity contribution is 5.75. The molecule has 1 saturated heterocycles. The fourth-order valence-corrected chi connectivity index (χ4v) is 2.44. The van der Waals surface area contributed by atoms with Gasteiger partial charge in [-0.15, -0.1) is 0 Å².